The summed E-state index contributed by atoms with van der Waals surface area (Å²) in [6, 6.07) is 8.26. The molecule has 0 aliphatic carbocycles. The molecule has 0 amide bonds. The summed E-state index contributed by atoms with van der Waals surface area (Å²) >= 11 is 0. The van der Waals surface area contributed by atoms with E-state index in [0.717, 1.165) is 0 Å². The van der Waals surface area contributed by atoms with Gasteiger partial charge in [-0.1, -0.05) is 37.3 Å². The number of nitrogens with zero attached hydrogens (tertiary/aromatic N) is 1. The van der Waals surface area contributed by atoms with Crippen molar-refractivity contribution in [2.24, 2.45) is 0 Å². The second kappa shape index (κ2) is 5.81. The second-order valence-electron chi connectivity index (χ2n) is 4.50. The van der Waals surface area contributed by atoms with Crippen molar-refractivity contribution in [3.8, 4) is 0 Å². The van der Waals surface area contributed by atoms with Crippen molar-refractivity contribution in [3.05, 3.63) is 35.9 Å². The van der Waals surface area contributed by atoms with Crippen molar-refractivity contribution in [2.75, 3.05) is 13.1 Å². The zero-order chi connectivity index (χ0) is 13.9. The van der Waals surface area contributed by atoms with Gasteiger partial charge in [-0.3, -0.25) is 4.79 Å². The molecular weight excluding hydrogens is 264 g/mol. The average molecular weight is 282 g/mol. The molecule has 0 bridgehead atoms. The molecule has 1 aromatic carbocycles. The van der Waals surface area contributed by atoms with Crippen molar-refractivity contribution in [2.45, 2.75) is 25.8 Å². The van der Waals surface area contributed by atoms with Crippen molar-refractivity contribution in [1.29, 1.82) is 0 Å². The average Bonchev–Trinajstić information content (AvgIpc) is 2.89. The van der Waals surface area contributed by atoms with Crippen LogP contribution in [-0.2, 0) is 10.2 Å². The molecule has 0 saturated carbocycles. The molecule has 19 heavy (non-hydrogen) atoms. The van der Waals surface area contributed by atoms with Crippen LogP contribution in [0.2, 0.25) is 0 Å². The smallest absolute Gasteiger partial charge is 0.280 e. The van der Waals surface area contributed by atoms with Crippen LogP contribution in [0.25, 0.3) is 0 Å². The Kier molecular flexibility index (Phi) is 4.34. The highest BCUT2D eigenvalue weighted by atomic mass is 32.2. The fourth-order valence-corrected chi connectivity index (χ4v) is 3.79. The third-order valence-electron chi connectivity index (χ3n) is 3.20. The van der Waals surface area contributed by atoms with E-state index in [1.807, 2.05) is 6.07 Å². The summed E-state index contributed by atoms with van der Waals surface area (Å²) in [6.07, 6.45) is 1.30. The third-order valence-corrected chi connectivity index (χ3v) is 4.91. The van der Waals surface area contributed by atoms with E-state index in [1.54, 1.807) is 31.2 Å². The first kappa shape index (κ1) is 14.2. The normalized spacial score (nSPS) is 20.6. The lowest BCUT2D eigenvalue weighted by atomic mass is 10.0. The maximum atomic E-state index is 12.4. The molecule has 5 nitrogen and oxygen atoms in total. The van der Waals surface area contributed by atoms with Crippen LogP contribution < -0.4 is 4.72 Å². The van der Waals surface area contributed by atoms with Gasteiger partial charge in [-0.15, -0.1) is 0 Å². The van der Waals surface area contributed by atoms with Crippen LogP contribution in [-0.4, -0.2) is 37.6 Å². The molecule has 1 fully saturated rings. The van der Waals surface area contributed by atoms with Crippen LogP contribution in [0.4, 0.5) is 0 Å². The van der Waals surface area contributed by atoms with E-state index >= 15 is 0 Å². The number of carbonyl (C=O) groups excluding carboxylic acids is 1. The summed E-state index contributed by atoms with van der Waals surface area (Å²) in [5.74, 6) is -0.125. The molecule has 1 saturated heterocycles. The predicted molar refractivity (Wildman–Crippen MR) is 73.1 cm³/mol. The minimum absolute atomic E-state index is 0.125. The Bertz CT molecular complexity index is 542. The lowest BCUT2D eigenvalue weighted by Gasteiger charge is -2.22. The Hall–Kier alpha value is -1.24. The van der Waals surface area contributed by atoms with E-state index in [4.69, 9.17) is 0 Å². The zero-order valence-electron chi connectivity index (χ0n) is 10.9. The summed E-state index contributed by atoms with van der Waals surface area (Å²) in [7, 11) is -3.55. The topological polar surface area (TPSA) is 66.5 Å². The van der Waals surface area contributed by atoms with E-state index in [9.17, 15) is 13.2 Å². The molecule has 1 aromatic rings. The number of hydrogen-bond donors (Lipinski definition) is 1. The van der Waals surface area contributed by atoms with Crippen LogP contribution in [0.5, 0.6) is 0 Å². The summed E-state index contributed by atoms with van der Waals surface area (Å²) in [5, 5.41) is 0. The first-order valence-corrected chi connectivity index (χ1v) is 7.86. The molecule has 104 valence electrons. The quantitative estimate of drug-likeness (QED) is 0.825. The van der Waals surface area contributed by atoms with Crippen molar-refractivity contribution >= 4 is 16.0 Å². The molecule has 1 atom stereocenters. The lowest BCUT2D eigenvalue weighted by molar-refractivity contribution is 0.0917. The Labute approximate surface area is 113 Å². The Morgan fingerprint density at radius 3 is 2.68 bits per heavy atom. The second-order valence-corrected chi connectivity index (χ2v) is 6.21. The van der Waals surface area contributed by atoms with E-state index in [1.165, 1.54) is 4.31 Å². The van der Waals surface area contributed by atoms with Gasteiger partial charge >= 0.3 is 0 Å². The summed E-state index contributed by atoms with van der Waals surface area (Å²) < 4.78 is 27.8. The molecule has 1 aliphatic heterocycles. The summed E-state index contributed by atoms with van der Waals surface area (Å²) in [4.78, 5) is 12.4. The van der Waals surface area contributed by atoms with Gasteiger partial charge in [0.1, 0.15) is 0 Å². The van der Waals surface area contributed by atoms with Crippen LogP contribution in [0.15, 0.2) is 30.3 Å². The minimum Gasteiger partial charge on any atom is -0.292 e. The third kappa shape index (κ3) is 3.02. The highest BCUT2D eigenvalue weighted by Gasteiger charge is 2.38. The molecule has 1 unspecified atom stereocenters. The first-order chi connectivity index (χ1) is 9.06. The highest BCUT2D eigenvalue weighted by molar-refractivity contribution is 7.87. The van der Waals surface area contributed by atoms with Gasteiger partial charge in [0.15, 0.2) is 5.78 Å². The molecule has 2 rings (SSSR count). The van der Waals surface area contributed by atoms with Crippen LogP contribution in [0.3, 0.4) is 0 Å². The van der Waals surface area contributed by atoms with Gasteiger partial charge in [-0.25, -0.2) is 4.72 Å². The van der Waals surface area contributed by atoms with Gasteiger partial charge in [0.05, 0.1) is 6.04 Å². The van der Waals surface area contributed by atoms with Crippen molar-refractivity contribution < 1.29 is 13.2 Å². The maximum absolute atomic E-state index is 12.4. The number of nitrogens with one attached hydrogen (secondary N) is 1. The summed E-state index contributed by atoms with van der Waals surface area (Å²) in [6.45, 7) is 2.45. The Morgan fingerprint density at radius 2 is 2.05 bits per heavy atom. The van der Waals surface area contributed by atoms with E-state index in [-0.39, 0.29) is 5.78 Å². The number of ketones is 1. The zero-order valence-corrected chi connectivity index (χ0v) is 11.7. The Morgan fingerprint density at radius 1 is 1.37 bits per heavy atom. The van der Waals surface area contributed by atoms with Crippen LogP contribution >= 0.6 is 0 Å². The SMILES string of the molecule is CCNS(=O)(=O)N1CCCC1C(=O)c1ccccc1. The van der Waals surface area contributed by atoms with Gasteiger partial charge in [-0.2, -0.15) is 12.7 Å². The fourth-order valence-electron chi connectivity index (χ4n) is 2.35. The fraction of sp³-hybridized carbons (Fsp3) is 0.462. The van der Waals surface area contributed by atoms with Crippen LogP contribution in [0, 0.1) is 0 Å². The maximum Gasteiger partial charge on any atom is 0.280 e. The molecule has 6 heteroatoms. The van der Waals surface area contributed by atoms with Crippen molar-refractivity contribution in [1.82, 2.24) is 9.03 Å². The van der Waals surface area contributed by atoms with Gasteiger partial charge in [0.2, 0.25) is 0 Å². The monoisotopic (exact) mass is 282 g/mol. The highest BCUT2D eigenvalue weighted by Crippen LogP contribution is 2.23. The predicted octanol–water partition coefficient (Wildman–Crippen LogP) is 1.19. The molecule has 0 spiro atoms. The summed E-state index contributed by atoms with van der Waals surface area (Å²) in [5.41, 5.74) is 0.561. The molecular formula is C13H18N2O3S. The molecule has 0 aromatic heterocycles. The van der Waals surface area contributed by atoms with Gasteiger partial charge in [0.25, 0.3) is 10.2 Å². The van der Waals surface area contributed by atoms with Gasteiger partial charge in [-0.05, 0) is 12.8 Å². The van der Waals surface area contributed by atoms with Gasteiger partial charge in [0, 0.05) is 18.7 Å². The van der Waals surface area contributed by atoms with Crippen LogP contribution in [0.1, 0.15) is 30.1 Å². The molecule has 1 N–H and O–H groups in total. The molecule has 1 heterocycles. The number of hydrogen-bond acceptors (Lipinski definition) is 3. The van der Waals surface area contributed by atoms with E-state index in [2.05, 4.69) is 4.72 Å². The van der Waals surface area contributed by atoms with Crippen molar-refractivity contribution in [3.63, 3.8) is 0 Å². The Balaban J connectivity index is 2.22. The molecule has 1 aliphatic rings. The minimum atomic E-state index is -3.55. The number of benzene rings is 1. The van der Waals surface area contributed by atoms with E-state index < -0.39 is 16.3 Å². The number of Topliss-reactive ketones (excluding diaryl/α,β-unsaturated/α-hetero) is 1. The first-order valence-electron chi connectivity index (χ1n) is 6.42. The standard InChI is InChI=1S/C13H18N2O3S/c1-2-14-19(17,18)15-10-6-9-12(15)13(16)11-7-4-3-5-8-11/h3-5,7-8,12,14H,2,6,9-10H2,1H3. The number of rotatable bonds is 5. The number of carbonyl (C=O) groups is 1. The molecule has 0 radical (unpaired) electrons. The largest absolute Gasteiger partial charge is 0.292 e. The van der Waals surface area contributed by atoms with E-state index in [0.29, 0.717) is 31.5 Å². The van der Waals surface area contributed by atoms with Gasteiger partial charge < -0.3 is 0 Å². The lowest BCUT2D eigenvalue weighted by Crippen LogP contribution is -2.46.